The van der Waals surface area contributed by atoms with E-state index in [1.165, 1.54) is 17.4 Å². The molecule has 0 aliphatic rings. The molecular weight excluding hydrogens is 130 g/mol. The molecule has 3 heteroatoms. The monoisotopic (exact) mass is 138 g/mol. The van der Waals surface area contributed by atoms with Crippen LogP contribution in [0.2, 0.25) is 0 Å². The van der Waals surface area contributed by atoms with E-state index >= 15 is 0 Å². The van der Waals surface area contributed by atoms with Crippen molar-refractivity contribution in [3.05, 3.63) is 18.6 Å². The minimum Gasteiger partial charge on any atom is -0.470 e. The minimum atomic E-state index is 0.614. The zero-order valence-corrected chi connectivity index (χ0v) is 5.70. The predicted octanol–water partition coefficient (Wildman–Crippen LogP) is 1.17. The van der Waals surface area contributed by atoms with E-state index in [1.54, 1.807) is 12.5 Å². The van der Waals surface area contributed by atoms with Gasteiger partial charge in [-0.2, -0.15) is 0 Å². The van der Waals surface area contributed by atoms with Gasteiger partial charge in [0.15, 0.2) is 0 Å². The van der Waals surface area contributed by atoms with E-state index in [0.29, 0.717) is 6.54 Å². The van der Waals surface area contributed by atoms with Gasteiger partial charge in [0.05, 0.1) is 12.0 Å². The number of furan rings is 1. The molecule has 53 valence electrons. The van der Waals surface area contributed by atoms with Gasteiger partial charge in [0, 0.05) is 12.6 Å². The summed E-state index contributed by atoms with van der Waals surface area (Å²) in [6.45, 7) is 2.49. The molecule has 1 heterocycles. The number of nitrogens with zero attached hydrogens (tertiary/aromatic N) is 1. The highest BCUT2D eigenvalue weighted by molar-refractivity contribution is 5.74. The minimum absolute atomic E-state index is 0.614. The topological polar surface area (TPSA) is 33.5 Å². The summed E-state index contributed by atoms with van der Waals surface area (Å²) in [5.41, 5.74) is 0.748. The standard InChI is InChI=1S/C7H8NO2/c1-2-8(6-9)7-3-4-10-5-7/h3-5H,2H2,1H3. The smallest absolute Gasteiger partial charge is 0.316 e. The molecule has 0 spiro atoms. The van der Waals surface area contributed by atoms with Gasteiger partial charge < -0.3 is 9.32 Å². The van der Waals surface area contributed by atoms with Crippen molar-refractivity contribution in [2.75, 3.05) is 11.4 Å². The van der Waals surface area contributed by atoms with Gasteiger partial charge in [-0.1, -0.05) is 0 Å². The highest BCUT2D eigenvalue weighted by Gasteiger charge is 2.02. The molecule has 1 amide bonds. The number of amides is 1. The van der Waals surface area contributed by atoms with Crippen LogP contribution in [0.4, 0.5) is 5.69 Å². The Morgan fingerprint density at radius 1 is 1.80 bits per heavy atom. The van der Waals surface area contributed by atoms with Crippen molar-refractivity contribution in [3.8, 4) is 0 Å². The molecule has 0 aromatic carbocycles. The van der Waals surface area contributed by atoms with Crippen molar-refractivity contribution in [2.24, 2.45) is 0 Å². The van der Waals surface area contributed by atoms with Crippen LogP contribution in [0.3, 0.4) is 0 Å². The Balaban J connectivity index is 2.73. The number of rotatable bonds is 3. The number of hydrogen-bond donors (Lipinski definition) is 0. The van der Waals surface area contributed by atoms with E-state index in [2.05, 4.69) is 0 Å². The van der Waals surface area contributed by atoms with Gasteiger partial charge in [-0.15, -0.1) is 0 Å². The van der Waals surface area contributed by atoms with E-state index < -0.39 is 0 Å². The van der Waals surface area contributed by atoms with Gasteiger partial charge in [0.1, 0.15) is 6.26 Å². The van der Waals surface area contributed by atoms with Crippen LogP contribution in [0.15, 0.2) is 23.0 Å². The largest absolute Gasteiger partial charge is 0.470 e. The summed E-state index contributed by atoms with van der Waals surface area (Å²) in [7, 11) is 0. The molecule has 0 unspecified atom stereocenters. The number of anilines is 1. The van der Waals surface area contributed by atoms with Gasteiger partial charge in [-0.25, -0.2) is 0 Å². The zero-order chi connectivity index (χ0) is 7.40. The third kappa shape index (κ3) is 1.18. The van der Waals surface area contributed by atoms with Crippen LogP contribution in [0.1, 0.15) is 6.92 Å². The van der Waals surface area contributed by atoms with Crippen LogP contribution in [0, 0.1) is 0 Å². The Morgan fingerprint density at radius 3 is 3.00 bits per heavy atom. The molecule has 0 saturated heterocycles. The Morgan fingerprint density at radius 2 is 2.60 bits per heavy atom. The van der Waals surface area contributed by atoms with E-state index in [0.717, 1.165) is 5.69 Å². The summed E-state index contributed by atoms with van der Waals surface area (Å²) in [4.78, 5) is 11.6. The molecule has 3 nitrogen and oxygen atoms in total. The molecule has 1 aromatic rings. The maximum atomic E-state index is 10.2. The lowest BCUT2D eigenvalue weighted by Crippen LogP contribution is -2.18. The van der Waals surface area contributed by atoms with Gasteiger partial charge in [0.2, 0.25) is 0 Å². The van der Waals surface area contributed by atoms with Crippen molar-refractivity contribution >= 4 is 12.1 Å². The molecule has 0 aliphatic carbocycles. The third-order valence-electron chi connectivity index (χ3n) is 1.24. The Labute approximate surface area is 59.2 Å². The SMILES string of the molecule is CCN([C]=O)c1ccoc1. The van der Waals surface area contributed by atoms with Crippen molar-refractivity contribution in [1.29, 1.82) is 0 Å². The average Bonchev–Trinajstić information content (AvgIpc) is 2.43. The molecule has 0 saturated carbocycles. The lowest BCUT2D eigenvalue weighted by molar-refractivity contribution is 0.549. The first-order chi connectivity index (χ1) is 4.88. The molecule has 0 fully saturated rings. The first kappa shape index (κ1) is 6.86. The van der Waals surface area contributed by atoms with Crippen LogP contribution in [0.5, 0.6) is 0 Å². The first-order valence-electron chi connectivity index (χ1n) is 3.06. The summed E-state index contributed by atoms with van der Waals surface area (Å²) in [5.74, 6) is 0. The third-order valence-corrected chi connectivity index (χ3v) is 1.24. The fourth-order valence-electron chi connectivity index (χ4n) is 0.711. The molecule has 0 aliphatic heterocycles. The normalized spacial score (nSPS) is 9.30. The van der Waals surface area contributed by atoms with E-state index in [1.807, 2.05) is 6.92 Å². The molecule has 1 rings (SSSR count). The van der Waals surface area contributed by atoms with Crippen molar-refractivity contribution in [3.63, 3.8) is 0 Å². The van der Waals surface area contributed by atoms with E-state index in [-0.39, 0.29) is 0 Å². The summed E-state index contributed by atoms with van der Waals surface area (Å²) >= 11 is 0. The quantitative estimate of drug-likeness (QED) is 0.587. The summed E-state index contributed by atoms with van der Waals surface area (Å²) in [6.07, 6.45) is 4.81. The Hall–Kier alpha value is -1.25. The second-order valence-electron chi connectivity index (χ2n) is 1.82. The molecule has 0 bridgehead atoms. The summed E-state index contributed by atoms with van der Waals surface area (Å²) < 4.78 is 4.78. The summed E-state index contributed by atoms with van der Waals surface area (Å²) in [5, 5.41) is 0. The van der Waals surface area contributed by atoms with Crippen molar-refractivity contribution < 1.29 is 9.21 Å². The maximum absolute atomic E-state index is 10.2. The Kier molecular flexibility index (Phi) is 2.10. The summed E-state index contributed by atoms with van der Waals surface area (Å²) in [6, 6.07) is 1.72. The second-order valence-corrected chi connectivity index (χ2v) is 1.82. The van der Waals surface area contributed by atoms with Gasteiger partial charge >= 0.3 is 6.41 Å². The molecule has 0 N–H and O–H groups in total. The van der Waals surface area contributed by atoms with Crippen LogP contribution in [-0.4, -0.2) is 13.0 Å². The fourth-order valence-corrected chi connectivity index (χ4v) is 0.711. The Bertz CT molecular complexity index is 193. The second kappa shape index (κ2) is 3.06. The van der Waals surface area contributed by atoms with Gasteiger partial charge in [-0.05, 0) is 6.92 Å². The highest BCUT2D eigenvalue weighted by atomic mass is 16.3. The lowest BCUT2D eigenvalue weighted by atomic mass is 10.4. The molecule has 10 heavy (non-hydrogen) atoms. The molecule has 1 radical (unpaired) electrons. The van der Waals surface area contributed by atoms with Crippen LogP contribution in [0.25, 0.3) is 0 Å². The van der Waals surface area contributed by atoms with Crippen LogP contribution < -0.4 is 4.90 Å². The molecule has 0 atom stereocenters. The average molecular weight is 138 g/mol. The van der Waals surface area contributed by atoms with Gasteiger partial charge in [-0.3, -0.25) is 4.79 Å². The highest BCUT2D eigenvalue weighted by Crippen LogP contribution is 2.11. The molecular formula is C7H8NO2. The first-order valence-corrected chi connectivity index (χ1v) is 3.06. The molecule has 1 aromatic heterocycles. The number of hydrogen-bond acceptors (Lipinski definition) is 2. The van der Waals surface area contributed by atoms with Crippen molar-refractivity contribution in [1.82, 2.24) is 0 Å². The number of carbonyl (C=O) groups excluding carboxylic acids is 1. The zero-order valence-electron chi connectivity index (χ0n) is 5.70. The lowest BCUT2D eigenvalue weighted by Gasteiger charge is -2.08. The van der Waals surface area contributed by atoms with Crippen molar-refractivity contribution in [2.45, 2.75) is 6.92 Å². The fraction of sp³-hybridized carbons (Fsp3) is 0.286. The van der Waals surface area contributed by atoms with E-state index in [9.17, 15) is 4.79 Å². The maximum Gasteiger partial charge on any atom is 0.316 e. The van der Waals surface area contributed by atoms with Crippen LogP contribution >= 0.6 is 0 Å². The van der Waals surface area contributed by atoms with E-state index in [4.69, 9.17) is 4.42 Å². The van der Waals surface area contributed by atoms with Gasteiger partial charge in [0.25, 0.3) is 0 Å². The van der Waals surface area contributed by atoms with Crippen LogP contribution in [-0.2, 0) is 4.79 Å². The predicted molar refractivity (Wildman–Crippen MR) is 37.4 cm³/mol.